The van der Waals surface area contributed by atoms with Crippen molar-refractivity contribution in [2.45, 2.75) is 6.92 Å². The summed E-state index contributed by atoms with van der Waals surface area (Å²) in [6.45, 7) is 1.96. The third-order valence-corrected chi connectivity index (χ3v) is 3.85. The maximum absolute atomic E-state index is 12.1. The fourth-order valence-electron chi connectivity index (χ4n) is 2.40. The second kappa shape index (κ2) is 7.15. The van der Waals surface area contributed by atoms with Gasteiger partial charge in [-0.2, -0.15) is 5.10 Å². The molecule has 0 saturated carbocycles. The molecule has 1 heterocycles. The Bertz CT molecular complexity index is 867. The number of aryl methyl sites for hydroxylation is 1. The lowest BCUT2D eigenvalue weighted by Gasteiger charge is -2.03. The molecule has 0 radical (unpaired) electrons. The largest absolute Gasteiger partial charge is 0.345 e. The van der Waals surface area contributed by atoms with Crippen molar-refractivity contribution >= 4 is 23.2 Å². The van der Waals surface area contributed by atoms with E-state index < -0.39 is 0 Å². The Morgan fingerprint density at radius 1 is 1.12 bits per heavy atom. The molecule has 0 fully saturated rings. The van der Waals surface area contributed by atoms with Crippen molar-refractivity contribution in [1.82, 2.24) is 10.2 Å². The number of ketones is 1. The lowest BCUT2D eigenvalue weighted by Crippen LogP contribution is -1.97. The van der Waals surface area contributed by atoms with Crippen molar-refractivity contribution in [3.8, 4) is 11.1 Å². The number of nitrogens with one attached hydrogen (secondary N) is 2. The van der Waals surface area contributed by atoms with E-state index in [0.717, 1.165) is 16.8 Å². The number of aromatic amines is 1. The number of aromatic nitrogens is 2. The lowest BCUT2D eigenvalue weighted by molar-refractivity contribution is 0.104. The third-order valence-electron chi connectivity index (χ3n) is 3.59. The van der Waals surface area contributed by atoms with Crippen LogP contribution in [0.25, 0.3) is 11.1 Å². The predicted octanol–water partition coefficient (Wildman–Crippen LogP) is 4.85. The van der Waals surface area contributed by atoms with Crippen LogP contribution in [0.2, 0.25) is 5.02 Å². The molecule has 0 saturated heterocycles. The molecule has 0 spiro atoms. The van der Waals surface area contributed by atoms with E-state index in [-0.39, 0.29) is 5.78 Å². The zero-order chi connectivity index (χ0) is 16.9. The van der Waals surface area contributed by atoms with Gasteiger partial charge < -0.3 is 5.32 Å². The average Bonchev–Trinajstić information content (AvgIpc) is 2.97. The Morgan fingerprint density at radius 3 is 2.54 bits per heavy atom. The number of allylic oxidation sites excluding steroid dienone is 1. The summed E-state index contributed by atoms with van der Waals surface area (Å²) < 4.78 is 0. The minimum atomic E-state index is -0.104. The molecule has 0 amide bonds. The first kappa shape index (κ1) is 16.0. The summed E-state index contributed by atoms with van der Waals surface area (Å²) >= 11 is 5.83. The summed E-state index contributed by atoms with van der Waals surface area (Å²) in [5, 5.41) is 10.9. The quantitative estimate of drug-likeness (QED) is 0.517. The summed E-state index contributed by atoms with van der Waals surface area (Å²) in [6.07, 6.45) is 3.07. The van der Waals surface area contributed by atoms with Gasteiger partial charge in [-0.1, -0.05) is 41.9 Å². The monoisotopic (exact) mass is 337 g/mol. The van der Waals surface area contributed by atoms with Crippen molar-refractivity contribution in [2.75, 3.05) is 5.32 Å². The molecule has 0 aliphatic heterocycles. The molecule has 0 aliphatic carbocycles. The van der Waals surface area contributed by atoms with Crippen LogP contribution in [0.4, 0.5) is 5.82 Å². The van der Waals surface area contributed by atoms with Gasteiger partial charge >= 0.3 is 0 Å². The third kappa shape index (κ3) is 3.55. The number of rotatable bonds is 5. The molecule has 2 aromatic carbocycles. The Morgan fingerprint density at radius 2 is 1.83 bits per heavy atom. The molecule has 5 heteroatoms. The van der Waals surface area contributed by atoms with Crippen LogP contribution in [0.3, 0.4) is 0 Å². The van der Waals surface area contributed by atoms with Gasteiger partial charge in [-0.3, -0.25) is 9.89 Å². The number of carbonyl (C=O) groups excluding carboxylic acids is 1. The zero-order valence-corrected chi connectivity index (χ0v) is 13.8. The second-order valence-electron chi connectivity index (χ2n) is 5.29. The van der Waals surface area contributed by atoms with Gasteiger partial charge in [0, 0.05) is 34.1 Å². The highest BCUT2D eigenvalue weighted by Crippen LogP contribution is 2.29. The second-order valence-corrected chi connectivity index (χ2v) is 5.72. The molecule has 2 N–H and O–H groups in total. The Balaban J connectivity index is 1.76. The van der Waals surface area contributed by atoms with Crippen molar-refractivity contribution < 1.29 is 4.79 Å². The number of anilines is 1. The average molecular weight is 338 g/mol. The maximum atomic E-state index is 12.1. The van der Waals surface area contributed by atoms with Crippen LogP contribution >= 0.6 is 11.6 Å². The standard InChI is InChI=1S/C19H16ClN3O/c1-13-18(15-5-3-2-4-6-15)19(23-22-13)21-12-11-17(24)14-7-9-16(20)10-8-14/h2-12H,1H3,(H2,21,22,23)/b12-11+. The molecule has 24 heavy (non-hydrogen) atoms. The zero-order valence-electron chi connectivity index (χ0n) is 13.1. The van der Waals surface area contributed by atoms with E-state index in [1.807, 2.05) is 37.3 Å². The van der Waals surface area contributed by atoms with Crippen LogP contribution in [0.1, 0.15) is 16.1 Å². The number of hydrogen-bond acceptors (Lipinski definition) is 3. The topological polar surface area (TPSA) is 57.8 Å². The van der Waals surface area contributed by atoms with Gasteiger partial charge in [0.05, 0.1) is 0 Å². The smallest absolute Gasteiger partial charge is 0.187 e. The lowest BCUT2D eigenvalue weighted by atomic mass is 10.1. The van der Waals surface area contributed by atoms with Crippen molar-refractivity contribution in [1.29, 1.82) is 0 Å². The first-order valence-corrected chi connectivity index (χ1v) is 7.86. The SMILES string of the molecule is Cc1[nH]nc(N/C=C/C(=O)c2ccc(Cl)cc2)c1-c1ccccc1. The molecule has 0 aliphatic rings. The fraction of sp³-hybridized carbons (Fsp3) is 0.0526. The van der Waals surface area contributed by atoms with Crippen LogP contribution in [-0.4, -0.2) is 16.0 Å². The summed E-state index contributed by atoms with van der Waals surface area (Å²) in [7, 11) is 0. The van der Waals surface area contributed by atoms with Gasteiger partial charge in [0.25, 0.3) is 0 Å². The highest BCUT2D eigenvalue weighted by atomic mass is 35.5. The highest BCUT2D eigenvalue weighted by Gasteiger charge is 2.11. The first-order valence-electron chi connectivity index (χ1n) is 7.48. The number of carbonyl (C=O) groups is 1. The summed E-state index contributed by atoms with van der Waals surface area (Å²) in [4.78, 5) is 12.1. The summed E-state index contributed by atoms with van der Waals surface area (Å²) in [6, 6.07) is 16.7. The number of H-pyrrole nitrogens is 1. The number of benzene rings is 2. The van der Waals surface area contributed by atoms with E-state index >= 15 is 0 Å². The molecular weight excluding hydrogens is 322 g/mol. The minimum absolute atomic E-state index is 0.104. The number of nitrogens with zero attached hydrogens (tertiary/aromatic N) is 1. The Kier molecular flexibility index (Phi) is 4.77. The van der Waals surface area contributed by atoms with Gasteiger partial charge in [-0.05, 0) is 36.8 Å². The molecule has 3 rings (SSSR count). The number of hydrogen-bond donors (Lipinski definition) is 2. The van der Waals surface area contributed by atoms with Crippen LogP contribution in [0, 0.1) is 6.92 Å². The van der Waals surface area contributed by atoms with Gasteiger partial charge in [-0.15, -0.1) is 0 Å². The van der Waals surface area contributed by atoms with Crippen LogP contribution in [-0.2, 0) is 0 Å². The molecule has 1 aromatic heterocycles. The fourth-order valence-corrected chi connectivity index (χ4v) is 2.52. The maximum Gasteiger partial charge on any atom is 0.187 e. The highest BCUT2D eigenvalue weighted by molar-refractivity contribution is 6.30. The molecule has 4 nitrogen and oxygen atoms in total. The van der Waals surface area contributed by atoms with E-state index in [1.54, 1.807) is 30.5 Å². The van der Waals surface area contributed by atoms with Gasteiger partial charge in [0.15, 0.2) is 11.6 Å². The molecule has 0 unspecified atom stereocenters. The molecule has 120 valence electrons. The predicted molar refractivity (Wildman–Crippen MR) is 97.3 cm³/mol. The Hall–Kier alpha value is -2.85. The van der Waals surface area contributed by atoms with Crippen molar-refractivity contribution in [2.24, 2.45) is 0 Å². The minimum Gasteiger partial charge on any atom is -0.345 e. The summed E-state index contributed by atoms with van der Waals surface area (Å²) in [5.41, 5.74) is 3.59. The summed E-state index contributed by atoms with van der Waals surface area (Å²) in [5.74, 6) is 0.576. The molecular formula is C19H16ClN3O. The number of halogens is 1. The van der Waals surface area contributed by atoms with E-state index in [1.165, 1.54) is 6.08 Å². The van der Waals surface area contributed by atoms with E-state index in [4.69, 9.17) is 11.6 Å². The normalized spacial score (nSPS) is 10.9. The van der Waals surface area contributed by atoms with E-state index in [0.29, 0.717) is 16.4 Å². The van der Waals surface area contributed by atoms with Gasteiger partial charge in [-0.25, -0.2) is 0 Å². The molecule has 0 bridgehead atoms. The van der Waals surface area contributed by atoms with Gasteiger partial charge in [0.2, 0.25) is 0 Å². The van der Waals surface area contributed by atoms with Crippen LogP contribution in [0.15, 0.2) is 66.9 Å². The van der Waals surface area contributed by atoms with Crippen LogP contribution < -0.4 is 5.32 Å². The van der Waals surface area contributed by atoms with E-state index in [9.17, 15) is 4.79 Å². The molecule has 0 atom stereocenters. The first-order chi connectivity index (χ1) is 11.6. The molecule has 3 aromatic rings. The van der Waals surface area contributed by atoms with Gasteiger partial charge in [0.1, 0.15) is 0 Å². The Labute approximate surface area is 145 Å². The van der Waals surface area contributed by atoms with Crippen molar-refractivity contribution in [3.63, 3.8) is 0 Å². The van der Waals surface area contributed by atoms with E-state index in [2.05, 4.69) is 15.5 Å². The van der Waals surface area contributed by atoms with Crippen LogP contribution in [0.5, 0.6) is 0 Å². The van der Waals surface area contributed by atoms with Crippen molar-refractivity contribution in [3.05, 3.63) is 83.2 Å².